The molecule has 3 atom stereocenters. The summed E-state index contributed by atoms with van der Waals surface area (Å²) in [5.41, 5.74) is 1.19. The molecule has 1 fully saturated rings. The monoisotopic (exact) mass is 288 g/mol. The van der Waals surface area contributed by atoms with Crippen LogP contribution in [0.25, 0.3) is 0 Å². The van der Waals surface area contributed by atoms with Gasteiger partial charge in [-0.2, -0.15) is 0 Å². The van der Waals surface area contributed by atoms with Gasteiger partial charge < -0.3 is 10.2 Å². The molecule has 0 saturated carbocycles. The van der Waals surface area contributed by atoms with Crippen molar-refractivity contribution in [3.05, 3.63) is 35.9 Å². The van der Waals surface area contributed by atoms with E-state index in [2.05, 4.69) is 31.3 Å². The summed E-state index contributed by atoms with van der Waals surface area (Å²) < 4.78 is 0. The SMILES string of the molecule is CC(CC(=O)N(C)C(C)c1ccccc1)C1CCCNC1. The minimum absolute atomic E-state index is 0.135. The van der Waals surface area contributed by atoms with Crippen LogP contribution in [0.2, 0.25) is 0 Å². The highest BCUT2D eigenvalue weighted by Crippen LogP contribution is 2.25. The van der Waals surface area contributed by atoms with Gasteiger partial charge in [-0.1, -0.05) is 37.3 Å². The van der Waals surface area contributed by atoms with Crippen LogP contribution in [0.1, 0.15) is 44.7 Å². The van der Waals surface area contributed by atoms with E-state index in [1.165, 1.54) is 18.4 Å². The molecule has 1 aromatic rings. The van der Waals surface area contributed by atoms with Gasteiger partial charge in [0, 0.05) is 13.5 Å². The van der Waals surface area contributed by atoms with E-state index < -0.39 is 0 Å². The largest absolute Gasteiger partial charge is 0.339 e. The number of nitrogens with zero attached hydrogens (tertiary/aromatic N) is 1. The second-order valence-corrected chi connectivity index (χ2v) is 6.38. The number of nitrogens with one attached hydrogen (secondary N) is 1. The zero-order chi connectivity index (χ0) is 15.2. The molecular weight excluding hydrogens is 260 g/mol. The molecule has 1 heterocycles. The van der Waals surface area contributed by atoms with Crippen molar-refractivity contribution in [1.82, 2.24) is 10.2 Å². The van der Waals surface area contributed by atoms with Crippen molar-refractivity contribution in [1.29, 1.82) is 0 Å². The molecule has 21 heavy (non-hydrogen) atoms. The molecule has 2 rings (SSSR count). The fraction of sp³-hybridized carbons (Fsp3) is 0.611. The number of carbonyl (C=O) groups excluding carboxylic acids is 1. The van der Waals surface area contributed by atoms with Crippen molar-refractivity contribution in [2.75, 3.05) is 20.1 Å². The highest BCUT2D eigenvalue weighted by atomic mass is 16.2. The van der Waals surface area contributed by atoms with Gasteiger partial charge in [-0.3, -0.25) is 4.79 Å². The van der Waals surface area contributed by atoms with E-state index in [0.29, 0.717) is 18.3 Å². The van der Waals surface area contributed by atoms with Crippen molar-refractivity contribution < 1.29 is 4.79 Å². The molecule has 0 radical (unpaired) electrons. The van der Waals surface area contributed by atoms with Crippen molar-refractivity contribution in [2.24, 2.45) is 11.8 Å². The normalized spacial score (nSPS) is 21.6. The van der Waals surface area contributed by atoms with Gasteiger partial charge >= 0.3 is 0 Å². The first kappa shape index (κ1) is 16.0. The minimum Gasteiger partial charge on any atom is -0.339 e. The van der Waals surface area contributed by atoms with Gasteiger partial charge in [0.1, 0.15) is 0 Å². The predicted octanol–water partition coefficient (Wildman–Crippen LogP) is 3.23. The van der Waals surface area contributed by atoms with Crippen LogP contribution < -0.4 is 5.32 Å². The van der Waals surface area contributed by atoms with Crippen LogP contribution in [-0.2, 0) is 4.79 Å². The van der Waals surface area contributed by atoms with Crippen LogP contribution in [-0.4, -0.2) is 30.9 Å². The second-order valence-electron chi connectivity index (χ2n) is 6.38. The highest BCUT2D eigenvalue weighted by Gasteiger charge is 2.25. The molecule has 1 saturated heterocycles. The number of benzene rings is 1. The molecule has 3 heteroatoms. The van der Waals surface area contributed by atoms with Crippen molar-refractivity contribution in [3.8, 4) is 0 Å². The fourth-order valence-electron chi connectivity index (χ4n) is 3.12. The quantitative estimate of drug-likeness (QED) is 0.902. The Bertz CT molecular complexity index is 440. The summed E-state index contributed by atoms with van der Waals surface area (Å²) >= 11 is 0. The zero-order valence-corrected chi connectivity index (χ0v) is 13.5. The van der Waals surface area contributed by atoms with Gasteiger partial charge in [-0.15, -0.1) is 0 Å². The van der Waals surface area contributed by atoms with Gasteiger partial charge in [0.05, 0.1) is 6.04 Å². The lowest BCUT2D eigenvalue weighted by atomic mass is 9.85. The number of amides is 1. The summed E-state index contributed by atoms with van der Waals surface area (Å²) in [4.78, 5) is 14.4. The van der Waals surface area contributed by atoms with E-state index in [9.17, 15) is 4.79 Å². The number of hydrogen-bond donors (Lipinski definition) is 1. The van der Waals surface area contributed by atoms with Gasteiger partial charge in [-0.05, 0) is 50.3 Å². The third kappa shape index (κ3) is 4.31. The van der Waals surface area contributed by atoms with Crippen LogP contribution in [0.15, 0.2) is 30.3 Å². The summed E-state index contributed by atoms with van der Waals surface area (Å²) in [6, 6.07) is 10.4. The molecule has 3 nitrogen and oxygen atoms in total. The van der Waals surface area contributed by atoms with Gasteiger partial charge in [0.25, 0.3) is 0 Å². The summed E-state index contributed by atoms with van der Waals surface area (Å²) in [7, 11) is 1.92. The Hall–Kier alpha value is -1.35. The Kier molecular flexibility index (Phi) is 5.80. The molecule has 1 aromatic carbocycles. The van der Waals surface area contributed by atoms with E-state index in [1.807, 2.05) is 30.1 Å². The third-order valence-corrected chi connectivity index (χ3v) is 4.89. The molecule has 1 N–H and O–H groups in total. The minimum atomic E-state index is 0.135. The lowest BCUT2D eigenvalue weighted by Gasteiger charge is -2.31. The summed E-state index contributed by atoms with van der Waals surface area (Å²) in [6.07, 6.45) is 3.14. The topological polar surface area (TPSA) is 32.3 Å². The summed E-state index contributed by atoms with van der Waals surface area (Å²) in [5.74, 6) is 1.35. The second kappa shape index (κ2) is 7.60. The Morgan fingerprint density at radius 3 is 2.67 bits per heavy atom. The molecule has 0 aliphatic carbocycles. The first-order valence-electron chi connectivity index (χ1n) is 8.11. The Morgan fingerprint density at radius 2 is 2.05 bits per heavy atom. The average molecular weight is 288 g/mol. The molecule has 0 aromatic heterocycles. The van der Waals surface area contributed by atoms with Crippen molar-refractivity contribution in [2.45, 2.75) is 39.2 Å². The van der Waals surface area contributed by atoms with E-state index in [0.717, 1.165) is 13.1 Å². The number of rotatable bonds is 5. The van der Waals surface area contributed by atoms with Crippen LogP contribution in [0.5, 0.6) is 0 Å². The van der Waals surface area contributed by atoms with Crippen LogP contribution in [0, 0.1) is 11.8 Å². The lowest BCUT2D eigenvalue weighted by Crippen LogP contribution is -2.36. The first-order chi connectivity index (χ1) is 10.1. The van der Waals surface area contributed by atoms with E-state index in [-0.39, 0.29) is 11.9 Å². The third-order valence-electron chi connectivity index (χ3n) is 4.89. The van der Waals surface area contributed by atoms with Crippen LogP contribution in [0.3, 0.4) is 0 Å². The highest BCUT2D eigenvalue weighted by molar-refractivity contribution is 5.76. The predicted molar refractivity (Wildman–Crippen MR) is 87.0 cm³/mol. The first-order valence-corrected chi connectivity index (χ1v) is 8.11. The number of carbonyl (C=O) groups is 1. The molecule has 0 bridgehead atoms. The molecular formula is C18H28N2O. The zero-order valence-electron chi connectivity index (χ0n) is 13.5. The Morgan fingerprint density at radius 1 is 1.33 bits per heavy atom. The van der Waals surface area contributed by atoms with E-state index in [4.69, 9.17) is 0 Å². The molecule has 116 valence electrons. The molecule has 3 unspecified atom stereocenters. The number of hydrogen-bond acceptors (Lipinski definition) is 2. The lowest BCUT2D eigenvalue weighted by molar-refractivity contribution is -0.133. The molecule has 1 aliphatic rings. The maximum Gasteiger partial charge on any atom is 0.223 e. The molecule has 1 aliphatic heterocycles. The summed E-state index contributed by atoms with van der Waals surface area (Å²) in [5, 5.41) is 3.44. The average Bonchev–Trinajstić information content (AvgIpc) is 2.55. The van der Waals surface area contributed by atoms with E-state index in [1.54, 1.807) is 0 Å². The maximum absolute atomic E-state index is 12.5. The standard InChI is InChI=1S/C18H28N2O/c1-14(17-10-7-11-19-13-17)12-18(21)20(3)15(2)16-8-5-4-6-9-16/h4-6,8-9,14-15,17,19H,7,10-13H2,1-3H3. The molecule has 1 amide bonds. The van der Waals surface area contributed by atoms with Crippen LogP contribution >= 0.6 is 0 Å². The van der Waals surface area contributed by atoms with Crippen LogP contribution in [0.4, 0.5) is 0 Å². The van der Waals surface area contributed by atoms with Crippen molar-refractivity contribution in [3.63, 3.8) is 0 Å². The Balaban J connectivity index is 1.89. The fourth-order valence-corrected chi connectivity index (χ4v) is 3.12. The molecule has 0 spiro atoms. The maximum atomic E-state index is 12.5. The summed E-state index contributed by atoms with van der Waals surface area (Å²) in [6.45, 7) is 6.51. The Labute approximate surface area is 128 Å². The number of piperidine rings is 1. The van der Waals surface area contributed by atoms with Gasteiger partial charge in [0.2, 0.25) is 5.91 Å². The van der Waals surface area contributed by atoms with E-state index >= 15 is 0 Å². The van der Waals surface area contributed by atoms with Crippen molar-refractivity contribution >= 4 is 5.91 Å². The smallest absolute Gasteiger partial charge is 0.223 e. The van der Waals surface area contributed by atoms with Gasteiger partial charge in [0.15, 0.2) is 0 Å². The van der Waals surface area contributed by atoms with Gasteiger partial charge in [-0.25, -0.2) is 0 Å².